The van der Waals surface area contributed by atoms with Gasteiger partial charge in [0.25, 0.3) is 0 Å². The molecule has 1 nitrogen and oxygen atoms in total. The van der Waals surface area contributed by atoms with Gasteiger partial charge in [-0.1, -0.05) is 6.08 Å². The first-order valence-electron chi connectivity index (χ1n) is 2.06. The molecule has 0 amide bonds. The van der Waals surface area contributed by atoms with Crippen LogP contribution in [0.15, 0.2) is 12.7 Å². The van der Waals surface area contributed by atoms with Crippen LogP contribution < -0.4 is 0 Å². The highest BCUT2D eigenvalue weighted by atomic mass is 31.0. The fourth-order valence-corrected chi connectivity index (χ4v) is 0. The monoisotopic (exact) mass is 120 g/mol. The van der Waals surface area contributed by atoms with E-state index in [0.29, 0.717) is 0 Å². The van der Waals surface area contributed by atoms with Crippen molar-refractivity contribution in [3.8, 4) is 0 Å². The number of hydrogen-bond donors (Lipinski definition) is 0. The summed E-state index contributed by atoms with van der Waals surface area (Å²) in [5.74, 6) is 0. The molecule has 1 rings (SSSR count). The van der Waals surface area contributed by atoms with Crippen molar-refractivity contribution in [2.24, 2.45) is 0 Å². The molecule has 1 heterocycles. The second-order valence-corrected chi connectivity index (χ2v) is 1.02. The van der Waals surface area contributed by atoms with Crippen LogP contribution in [-0.2, 0) is 4.74 Å². The van der Waals surface area contributed by atoms with Gasteiger partial charge >= 0.3 is 0 Å². The van der Waals surface area contributed by atoms with Crippen LogP contribution in [0.25, 0.3) is 0 Å². The van der Waals surface area contributed by atoms with E-state index < -0.39 is 0 Å². The molecule has 2 heteroatoms. The zero-order valence-corrected chi connectivity index (χ0v) is 6.23. The first-order valence-corrected chi connectivity index (χ1v) is 2.06. The number of epoxide rings is 1. The maximum absolute atomic E-state index is 4.50. The van der Waals surface area contributed by atoms with E-state index in [2.05, 4.69) is 11.3 Å². The molecule has 1 fully saturated rings. The van der Waals surface area contributed by atoms with Crippen LogP contribution in [-0.4, -0.2) is 13.2 Å². The van der Waals surface area contributed by atoms with Crippen molar-refractivity contribution < 1.29 is 4.74 Å². The van der Waals surface area contributed by atoms with Crippen molar-refractivity contribution in [2.75, 3.05) is 13.2 Å². The van der Waals surface area contributed by atoms with Crippen LogP contribution in [0.2, 0.25) is 0 Å². The number of rotatable bonds is 0. The Labute approximate surface area is 48.4 Å². The minimum Gasteiger partial charge on any atom is -0.377 e. The summed E-state index contributed by atoms with van der Waals surface area (Å²) >= 11 is 0. The van der Waals surface area contributed by atoms with Gasteiger partial charge in [-0.25, -0.2) is 0 Å². The summed E-state index contributed by atoms with van der Waals surface area (Å²) in [5.41, 5.74) is 0. The molecule has 1 aliphatic rings. The van der Waals surface area contributed by atoms with Gasteiger partial charge in [-0.05, 0) is 6.92 Å². The number of hydrogen-bond acceptors (Lipinski definition) is 1. The lowest BCUT2D eigenvalue weighted by Crippen LogP contribution is -1.20. The Morgan fingerprint density at radius 2 is 1.71 bits per heavy atom. The second kappa shape index (κ2) is 9.46. The molecule has 0 spiro atoms. The molecule has 1 aliphatic heterocycles. The van der Waals surface area contributed by atoms with E-state index >= 15 is 0 Å². The number of allylic oxidation sites excluding steroid dienone is 1. The summed E-state index contributed by atoms with van der Waals surface area (Å²) in [7, 11) is 0. The van der Waals surface area contributed by atoms with Gasteiger partial charge in [0.1, 0.15) is 0 Å². The van der Waals surface area contributed by atoms with Gasteiger partial charge in [0.05, 0.1) is 13.2 Å². The van der Waals surface area contributed by atoms with E-state index in [1.807, 2.05) is 6.92 Å². The summed E-state index contributed by atoms with van der Waals surface area (Å²) in [6, 6.07) is 0. The molecule has 7 heavy (non-hydrogen) atoms. The van der Waals surface area contributed by atoms with E-state index in [9.17, 15) is 0 Å². The summed E-state index contributed by atoms with van der Waals surface area (Å²) in [6.45, 7) is 7.25. The van der Waals surface area contributed by atoms with Crippen LogP contribution in [0.4, 0.5) is 0 Å². The maximum atomic E-state index is 4.50. The molecule has 44 valence electrons. The van der Waals surface area contributed by atoms with Gasteiger partial charge in [-0.15, -0.1) is 6.58 Å². The Bertz CT molecular complexity index is 32.3. The lowest BCUT2D eigenvalue weighted by molar-refractivity contribution is 0.475. The van der Waals surface area contributed by atoms with Crippen molar-refractivity contribution in [3.05, 3.63) is 12.7 Å². The summed E-state index contributed by atoms with van der Waals surface area (Å²) in [5, 5.41) is 0. The SMILES string of the molecule is C1CO1.C=CC.P. The average molecular weight is 120 g/mol. The van der Waals surface area contributed by atoms with E-state index in [0.717, 1.165) is 13.2 Å². The first-order chi connectivity index (χ1) is 2.91. The minimum absolute atomic E-state index is 0. The third-order valence-corrected chi connectivity index (χ3v) is 0.204. The Morgan fingerprint density at radius 1 is 1.57 bits per heavy atom. The molecule has 0 N–H and O–H groups in total. The molecule has 0 aromatic heterocycles. The molecule has 1 saturated heterocycles. The largest absolute Gasteiger partial charge is 0.377 e. The Morgan fingerprint density at radius 3 is 1.71 bits per heavy atom. The normalized spacial score (nSPS) is 12.1. The zero-order valence-electron chi connectivity index (χ0n) is 4.81. The summed E-state index contributed by atoms with van der Waals surface area (Å²) in [6.07, 6.45) is 1.75. The van der Waals surface area contributed by atoms with E-state index in [-0.39, 0.29) is 9.90 Å². The quantitative estimate of drug-likeness (QED) is 0.266. The maximum Gasteiger partial charge on any atom is 0.0701 e. The highest BCUT2D eigenvalue weighted by Gasteiger charge is 1.94. The third-order valence-electron chi connectivity index (χ3n) is 0.204. The van der Waals surface area contributed by atoms with Crippen LogP contribution in [0.3, 0.4) is 0 Å². The lowest BCUT2D eigenvalue weighted by atomic mass is 10.8. The van der Waals surface area contributed by atoms with Crippen molar-refractivity contribution in [3.63, 3.8) is 0 Å². The summed E-state index contributed by atoms with van der Waals surface area (Å²) in [4.78, 5) is 0. The molecular weight excluding hydrogens is 107 g/mol. The highest BCUT2D eigenvalue weighted by molar-refractivity contribution is 6.92. The van der Waals surface area contributed by atoms with E-state index in [1.165, 1.54) is 0 Å². The third kappa shape index (κ3) is 81.9. The van der Waals surface area contributed by atoms with Gasteiger partial charge in [0.2, 0.25) is 0 Å². The fourth-order valence-electron chi connectivity index (χ4n) is 0. The first kappa shape index (κ1) is 10.2. The smallest absolute Gasteiger partial charge is 0.0701 e. The molecule has 1 atom stereocenters. The van der Waals surface area contributed by atoms with E-state index in [1.54, 1.807) is 6.08 Å². The fraction of sp³-hybridized carbons (Fsp3) is 0.600. The Balaban J connectivity index is 0. The van der Waals surface area contributed by atoms with Crippen molar-refractivity contribution in [1.82, 2.24) is 0 Å². The van der Waals surface area contributed by atoms with Crippen LogP contribution in [0.1, 0.15) is 6.92 Å². The molecule has 0 aromatic carbocycles. The van der Waals surface area contributed by atoms with Crippen molar-refractivity contribution in [2.45, 2.75) is 6.92 Å². The van der Waals surface area contributed by atoms with Gasteiger partial charge in [-0.2, -0.15) is 9.90 Å². The highest BCUT2D eigenvalue weighted by Crippen LogP contribution is 1.84. The number of ether oxygens (including phenoxy) is 1. The van der Waals surface area contributed by atoms with Crippen molar-refractivity contribution in [1.29, 1.82) is 0 Å². The lowest BCUT2D eigenvalue weighted by Gasteiger charge is -1.31. The predicted molar refractivity (Wildman–Crippen MR) is 37.8 cm³/mol. The van der Waals surface area contributed by atoms with Crippen molar-refractivity contribution >= 4 is 9.90 Å². The van der Waals surface area contributed by atoms with Crippen LogP contribution in [0, 0.1) is 0 Å². The molecule has 0 radical (unpaired) electrons. The standard InChI is InChI=1S/C3H6.C2H4O.H3P/c1-3-2;1-2-3-1;/h3H,1H2,2H3;1-2H2;1H3. The molecule has 0 saturated carbocycles. The zero-order chi connectivity index (χ0) is 4.83. The molecule has 0 aromatic rings. The second-order valence-electron chi connectivity index (χ2n) is 1.02. The van der Waals surface area contributed by atoms with Gasteiger partial charge in [0.15, 0.2) is 0 Å². The van der Waals surface area contributed by atoms with Crippen LogP contribution >= 0.6 is 9.90 Å². The topological polar surface area (TPSA) is 12.5 Å². The van der Waals surface area contributed by atoms with Gasteiger partial charge < -0.3 is 4.74 Å². The summed E-state index contributed by atoms with van der Waals surface area (Å²) < 4.78 is 4.50. The average Bonchev–Trinajstić information content (AvgIpc) is 2.11. The molecule has 0 aliphatic carbocycles. The van der Waals surface area contributed by atoms with Crippen LogP contribution in [0.5, 0.6) is 0 Å². The van der Waals surface area contributed by atoms with E-state index in [4.69, 9.17) is 0 Å². The molecule has 1 unspecified atom stereocenters. The Hall–Kier alpha value is 0.130. The molecule has 0 bridgehead atoms. The minimum atomic E-state index is 0. The predicted octanol–water partition coefficient (Wildman–Crippen LogP) is 1.27. The molecular formula is C5H13OP. The van der Waals surface area contributed by atoms with Gasteiger partial charge in [0, 0.05) is 0 Å². The van der Waals surface area contributed by atoms with Gasteiger partial charge in [-0.3, -0.25) is 0 Å². The Kier molecular flexibility index (Phi) is 13.8.